The molecule has 1 fully saturated rings. The number of ether oxygens (including phenoxy) is 1. The Kier molecular flexibility index (Phi) is 5.61. The lowest BCUT2D eigenvalue weighted by Crippen LogP contribution is -2.28. The predicted octanol–water partition coefficient (Wildman–Crippen LogP) is 4.48. The zero-order chi connectivity index (χ0) is 18.7. The molecule has 0 N–H and O–H groups in total. The Morgan fingerprint density at radius 3 is 2.65 bits per heavy atom. The number of rotatable bonds is 5. The van der Waals surface area contributed by atoms with Crippen LogP contribution in [0.3, 0.4) is 0 Å². The van der Waals surface area contributed by atoms with Crippen LogP contribution in [-0.4, -0.2) is 24.2 Å². The Hall–Kier alpha value is -2.34. The summed E-state index contributed by atoms with van der Waals surface area (Å²) in [5.74, 6) is -0.310. The largest absolute Gasteiger partial charge is 0.462 e. The van der Waals surface area contributed by atoms with Crippen LogP contribution >= 0.6 is 11.8 Å². The molecule has 0 spiro atoms. The molecule has 1 atom stereocenters. The molecule has 0 aliphatic carbocycles. The molecule has 1 saturated heterocycles. The summed E-state index contributed by atoms with van der Waals surface area (Å²) in [6.45, 7) is 4.19. The van der Waals surface area contributed by atoms with Gasteiger partial charge in [-0.3, -0.25) is 9.69 Å². The summed E-state index contributed by atoms with van der Waals surface area (Å²) >= 11 is 1.50. The quantitative estimate of drug-likeness (QED) is 0.725. The Morgan fingerprint density at radius 1 is 1.27 bits per heavy atom. The molecule has 6 heteroatoms. The highest BCUT2D eigenvalue weighted by atomic mass is 32.2. The number of benzene rings is 2. The lowest BCUT2D eigenvalue weighted by Gasteiger charge is -2.26. The van der Waals surface area contributed by atoms with E-state index in [4.69, 9.17) is 4.74 Å². The fourth-order valence-electron chi connectivity index (χ4n) is 2.89. The van der Waals surface area contributed by atoms with Gasteiger partial charge in [-0.15, -0.1) is 11.8 Å². The van der Waals surface area contributed by atoms with E-state index in [1.165, 1.54) is 23.9 Å². The van der Waals surface area contributed by atoms with Crippen LogP contribution in [0.15, 0.2) is 42.5 Å². The maximum atomic E-state index is 13.2. The Bertz CT molecular complexity index is 822. The van der Waals surface area contributed by atoms with Gasteiger partial charge in [-0.2, -0.15) is 0 Å². The van der Waals surface area contributed by atoms with Crippen LogP contribution in [0, 0.1) is 12.7 Å². The first-order valence-electron chi connectivity index (χ1n) is 8.48. The number of thioether (sulfide) groups is 1. The molecule has 0 bridgehead atoms. The first-order valence-corrected chi connectivity index (χ1v) is 9.53. The van der Waals surface area contributed by atoms with Gasteiger partial charge in [0.15, 0.2) is 0 Å². The Morgan fingerprint density at radius 2 is 2.00 bits per heavy atom. The zero-order valence-electron chi connectivity index (χ0n) is 14.7. The van der Waals surface area contributed by atoms with E-state index in [-0.39, 0.29) is 23.1 Å². The minimum atomic E-state index is -0.362. The van der Waals surface area contributed by atoms with Gasteiger partial charge in [0.05, 0.1) is 17.9 Å². The van der Waals surface area contributed by atoms with Gasteiger partial charge in [-0.25, -0.2) is 9.18 Å². The second kappa shape index (κ2) is 7.91. The molecule has 0 radical (unpaired) electrons. The van der Waals surface area contributed by atoms with Gasteiger partial charge in [0.25, 0.3) is 0 Å². The average molecular weight is 373 g/mol. The molecule has 0 aromatic heterocycles. The number of carbonyl (C=O) groups is 2. The number of amides is 1. The number of esters is 1. The molecular formula is C20H20FNO3S. The van der Waals surface area contributed by atoms with Crippen LogP contribution in [0.5, 0.6) is 0 Å². The van der Waals surface area contributed by atoms with Gasteiger partial charge in [0, 0.05) is 5.69 Å². The molecule has 4 nitrogen and oxygen atoms in total. The summed E-state index contributed by atoms with van der Waals surface area (Å²) in [5, 5.41) is -0.209. The lowest BCUT2D eigenvalue weighted by atomic mass is 10.1. The van der Waals surface area contributed by atoms with E-state index >= 15 is 0 Å². The van der Waals surface area contributed by atoms with Crippen molar-refractivity contribution < 1.29 is 18.7 Å². The van der Waals surface area contributed by atoms with Crippen molar-refractivity contribution >= 4 is 29.3 Å². The van der Waals surface area contributed by atoms with Crippen molar-refractivity contribution in [3.63, 3.8) is 0 Å². The van der Waals surface area contributed by atoms with Crippen LogP contribution in [0.25, 0.3) is 0 Å². The van der Waals surface area contributed by atoms with E-state index in [2.05, 4.69) is 0 Å². The van der Waals surface area contributed by atoms with Crippen LogP contribution in [-0.2, 0) is 9.53 Å². The molecule has 1 aliphatic rings. The second-order valence-electron chi connectivity index (χ2n) is 6.12. The molecule has 1 aliphatic heterocycles. The van der Waals surface area contributed by atoms with E-state index in [9.17, 15) is 14.0 Å². The van der Waals surface area contributed by atoms with Crippen LogP contribution in [0.2, 0.25) is 0 Å². The fourth-order valence-corrected chi connectivity index (χ4v) is 4.06. The zero-order valence-corrected chi connectivity index (χ0v) is 15.5. The second-order valence-corrected chi connectivity index (χ2v) is 7.18. The summed E-state index contributed by atoms with van der Waals surface area (Å²) in [6.07, 6.45) is 0.766. The molecule has 2 aromatic rings. The van der Waals surface area contributed by atoms with Crippen molar-refractivity contribution in [2.45, 2.75) is 25.6 Å². The highest BCUT2D eigenvalue weighted by Crippen LogP contribution is 2.42. The van der Waals surface area contributed by atoms with Crippen molar-refractivity contribution in [2.24, 2.45) is 0 Å². The van der Waals surface area contributed by atoms with Crippen molar-refractivity contribution in [3.8, 4) is 0 Å². The van der Waals surface area contributed by atoms with Gasteiger partial charge in [0.1, 0.15) is 11.2 Å². The monoisotopic (exact) mass is 373 g/mol. The lowest BCUT2D eigenvalue weighted by molar-refractivity contribution is -0.115. The first-order chi connectivity index (χ1) is 12.5. The third-order valence-electron chi connectivity index (χ3n) is 4.15. The molecule has 136 valence electrons. The van der Waals surface area contributed by atoms with Crippen LogP contribution in [0.4, 0.5) is 10.1 Å². The van der Waals surface area contributed by atoms with Crippen LogP contribution in [0.1, 0.15) is 40.2 Å². The average Bonchev–Trinajstić information content (AvgIpc) is 3.01. The molecule has 0 saturated carbocycles. The van der Waals surface area contributed by atoms with Gasteiger partial charge >= 0.3 is 5.97 Å². The molecular weight excluding hydrogens is 353 g/mol. The Labute approximate surface area is 156 Å². The topological polar surface area (TPSA) is 46.6 Å². The number of aryl methyl sites for hydroxylation is 1. The number of halogens is 1. The highest BCUT2D eigenvalue weighted by molar-refractivity contribution is 8.00. The van der Waals surface area contributed by atoms with Gasteiger partial charge in [-0.1, -0.05) is 19.1 Å². The van der Waals surface area contributed by atoms with E-state index in [0.29, 0.717) is 17.9 Å². The van der Waals surface area contributed by atoms with E-state index < -0.39 is 0 Å². The standard InChI is InChI=1S/C20H20FNO3S/c1-3-10-25-20(24)15-6-9-17(13(2)11-15)22-18(23)12-26-19(22)14-4-7-16(21)8-5-14/h4-9,11,19H,3,10,12H2,1-2H3. The molecule has 1 heterocycles. The molecule has 1 amide bonds. The minimum absolute atomic E-state index is 0.00580. The van der Waals surface area contributed by atoms with Gasteiger partial charge in [-0.05, 0) is 54.8 Å². The molecule has 1 unspecified atom stereocenters. The summed E-state index contributed by atoms with van der Waals surface area (Å²) in [6, 6.07) is 11.4. The maximum absolute atomic E-state index is 13.2. The maximum Gasteiger partial charge on any atom is 0.338 e. The number of carbonyl (C=O) groups excluding carboxylic acids is 2. The number of nitrogens with zero attached hydrogens (tertiary/aromatic N) is 1. The van der Waals surface area contributed by atoms with Crippen molar-refractivity contribution in [3.05, 3.63) is 65.0 Å². The minimum Gasteiger partial charge on any atom is -0.462 e. The van der Waals surface area contributed by atoms with Crippen molar-refractivity contribution in [1.29, 1.82) is 0 Å². The van der Waals surface area contributed by atoms with E-state index in [1.54, 1.807) is 35.2 Å². The summed E-state index contributed by atoms with van der Waals surface area (Å²) in [5.41, 5.74) is 2.91. The van der Waals surface area contributed by atoms with E-state index in [0.717, 1.165) is 23.2 Å². The Balaban J connectivity index is 1.89. The smallest absolute Gasteiger partial charge is 0.338 e. The normalized spacial score (nSPS) is 16.8. The number of anilines is 1. The first kappa shape index (κ1) is 18.5. The number of hydrogen-bond donors (Lipinski definition) is 0. The third kappa shape index (κ3) is 3.75. The highest BCUT2D eigenvalue weighted by Gasteiger charge is 2.34. The predicted molar refractivity (Wildman–Crippen MR) is 101 cm³/mol. The third-order valence-corrected chi connectivity index (χ3v) is 5.36. The van der Waals surface area contributed by atoms with E-state index in [1.807, 2.05) is 13.8 Å². The molecule has 2 aromatic carbocycles. The molecule has 3 rings (SSSR count). The summed E-state index contributed by atoms with van der Waals surface area (Å²) in [7, 11) is 0. The van der Waals surface area contributed by atoms with Gasteiger partial charge < -0.3 is 4.74 Å². The molecule has 26 heavy (non-hydrogen) atoms. The number of hydrogen-bond acceptors (Lipinski definition) is 4. The summed E-state index contributed by atoms with van der Waals surface area (Å²) < 4.78 is 18.4. The SMILES string of the molecule is CCCOC(=O)c1ccc(N2C(=O)CSC2c2ccc(F)cc2)c(C)c1. The van der Waals surface area contributed by atoms with Gasteiger partial charge in [0.2, 0.25) is 5.91 Å². The van der Waals surface area contributed by atoms with Crippen LogP contribution < -0.4 is 4.90 Å². The van der Waals surface area contributed by atoms with Crippen molar-refractivity contribution in [1.82, 2.24) is 0 Å². The van der Waals surface area contributed by atoms with Crippen molar-refractivity contribution in [2.75, 3.05) is 17.3 Å². The summed E-state index contributed by atoms with van der Waals surface area (Å²) in [4.78, 5) is 26.2. The fraction of sp³-hybridized carbons (Fsp3) is 0.300.